The fourth-order valence-corrected chi connectivity index (χ4v) is 3.61. The third kappa shape index (κ3) is 3.76. The molecule has 0 spiro atoms. The third-order valence-electron chi connectivity index (χ3n) is 5.03. The summed E-state index contributed by atoms with van der Waals surface area (Å²) in [6.07, 6.45) is 3.32. The number of rotatable bonds is 3. The molecule has 8 heteroatoms. The normalized spacial score (nSPS) is 16.5. The number of nitrogens with one attached hydrogen (secondary N) is 2. The maximum absolute atomic E-state index is 12.1. The summed E-state index contributed by atoms with van der Waals surface area (Å²) in [5.74, 6) is 0.472. The van der Waals surface area contributed by atoms with Gasteiger partial charge in [0.15, 0.2) is 0 Å². The Kier molecular flexibility index (Phi) is 5.10. The molecule has 4 rings (SSSR count). The number of para-hydroxylation sites is 1. The first-order valence-corrected chi connectivity index (χ1v) is 9.57. The summed E-state index contributed by atoms with van der Waals surface area (Å²) in [6, 6.07) is 7.84. The summed E-state index contributed by atoms with van der Waals surface area (Å²) >= 11 is 0. The molecule has 2 amide bonds. The van der Waals surface area contributed by atoms with Gasteiger partial charge in [-0.2, -0.15) is 0 Å². The van der Waals surface area contributed by atoms with Gasteiger partial charge in [-0.25, -0.2) is 14.8 Å². The summed E-state index contributed by atoms with van der Waals surface area (Å²) in [5.41, 5.74) is 3.24. The lowest BCUT2D eigenvalue weighted by Gasteiger charge is -2.31. The van der Waals surface area contributed by atoms with E-state index in [4.69, 9.17) is 9.72 Å². The molecule has 2 aliphatic heterocycles. The van der Waals surface area contributed by atoms with Gasteiger partial charge in [0.25, 0.3) is 0 Å². The number of nitrogens with zero attached hydrogens (tertiary/aromatic N) is 3. The standard InChI is InChI=1S/C20H23N5O3/c1-2-28-20(27)25-9-7-14(8-10-25)22-19-21-12-13-11-17(26)23-16-6-4-3-5-15(16)18(13)24-19/h3-6,12,14H,2,7-11H2,1H3,(H,23,26)(H,21,22,24). The minimum Gasteiger partial charge on any atom is -0.450 e. The van der Waals surface area contributed by atoms with Crippen LogP contribution in [0.15, 0.2) is 30.5 Å². The second kappa shape index (κ2) is 7.84. The quantitative estimate of drug-likeness (QED) is 0.849. The Hall–Kier alpha value is -3.16. The number of carbonyl (C=O) groups is 2. The molecule has 1 aromatic heterocycles. The Labute approximate surface area is 163 Å². The number of likely N-dealkylation sites (tertiary alicyclic amines) is 1. The molecule has 2 aromatic rings. The molecule has 2 N–H and O–H groups in total. The van der Waals surface area contributed by atoms with Gasteiger partial charge in [-0.15, -0.1) is 0 Å². The summed E-state index contributed by atoms with van der Waals surface area (Å²) in [5, 5.41) is 6.30. The average molecular weight is 381 g/mol. The van der Waals surface area contributed by atoms with Gasteiger partial charge in [0.2, 0.25) is 11.9 Å². The van der Waals surface area contributed by atoms with Crippen molar-refractivity contribution in [1.82, 2.24) is 14.9 Å². The van der Waals surface area contributed by atoms with Crippen molar-refractivity contribution < 1.29 is 14.3 Å². The van der Waals surface area contributed by atoms with Crippen LogP contribution in [0.25, 0.3) is 11.3 Å². The van der Waals surface area contributed by atoms with Crippen LogP contribution >= 0.6 is 0 Å². The number of fused-ring (bicyclic) bond motifs is 3. The van der Waals surface area contributed by atoms with Crippen molar-refractivity contribution in [2.45, 2.75) is 32.2 Å². The molecule has 1 aromatic carbocycles. The molecular weight excluding hydrogens is 358 g/mol. The van der Waals surface area contributed by atoms with Crippen molar-refractivity contribution in [2.24, 2.45) is 0 Å². The Balaban J connectivity index is 1.49. The maximum atomic E-state index is 12.1. The fraction of sp³-hybridized carbons (Fsp3) is 0.400. The molecule has 3 heterocycles. The smallest absolute Gasteiger partial charge is 0.409 e. The van der Waals surface area contributed by atoms with E-state index in [0.29, 0.717) is 25.6 Å². The van der Waals surface area contributed by atoms with Crippen LogP contribution in [0.2, 0.25) is 0 Å². The van der Waals surface area contributed by atoms with E-state index in [0.717, 1.165) is 35.3 Å². The number of amides is 2. The number of aromatic nitrogens is 2. The number of piperidine rings is 1. The van der Waals surface area contributed by atoms with Crippen molar-refractivity contribution in [3.8, 4) is 11.3 Å². The minimum atomic E-state index is -0.254. The minimum absolute atomic E-state index is 0.0677. The van der Waals surface area contributed by atoms with Crippen molar-refractivity contribution in [3.05, 3.63) is 36.0 Å². The second-order valence-corrected chi connectivity index (χ2v) is 6.94. The van der Waals surface area contributed by atoms with Crippen LogP contribution in [0.5, 0.6) is 0 Å². The van der Waals surface area contributed by atoms with Gasteiger partial charge in [0, 0.05) is 36.5 Å². The first-order valence-electron chi connectivity index (χ1n) is 9.57. The molecule has 0 unspecified atom stereocenters. The van der Waals surface area contributed by atoms with Crippen molar-refractivity contribution in [3.63, 3.8) is 0 Å². The Morgan fingerprint density at radius 1 is 1.32 bits per heavy atom. The van der Waals surface area contributed by atoms with Gasteiger partial charge in [0.1, 0.15) is 0 Å². The van der Waals surface area contributed by atoms with E-state index in [-0.39, 0.29) is 24.5 Å². The first kappa shape index (κ1) is 18.2. The lowest BCUT2D eigenvalue weighted by molar-refractivity contribution is -0.115. The van der Waals surface area contributed by atoms with Gasteiger partial charge < -0.3 is 20.3 Å². The second-order valence-electron chi connectivity index (χ2n) is 6.94. The first-order chi connectivity index (χ1) is 13.6. The van der Waals surface area contributed by atoms with Gasteiger partial charge in [0.05, 0.1) is 24.4 Å². The van der Waals surface area contributed by atoms with Crippen LogP contribution in [0.1, 0.15) is 25.3 Å². The highest BCUT2D eigenvalue weighted by Crippen LogP contribution is 2.32. The molecule has 1 fully saturated rings. The number of ether oxygens (including phenoxy) is 1. The molecule has 0 bridgehead atoms. The molecule has 0 atom stereocenters. The summed E-state index contributed by atoms with van der Waals surface area (Å²) in [7, 11) is 0. The zero-order valence-corrected chi connectivity index (χ0v) is 15.8. The number of carbonyl (C=O) groups excluding carboxylic acids is 2. The van der Waals surface area contributed by atoms with Gasteiger partial charge in [-0.05, 0) is 25.8 Å². The molecule has 2 aliphatic rings. The third-order valence-corrected chi connectivity index (χ3v) is 5.03. The number of hydrogen-bond donors (Lipinski definition) is 2. The van der Waals surface area contributed by atoms with E-state index in [1.54, 1.807) is 11.1 Å². The fourth-order valence-electron chi connectivity index (χ4n) is 3.61. The van der Waals surface area contributed by atoms with Crippen molar-refractivity contribution >= 4 is 23.6 Å². The molecule has 0 saturated carbocycles. The topological polar surface area (TPSA) is 96.4 Å². The van der Waals surface area contributed by atoms with Gasteiger partial charge in [-0.3, -0.25) is 4.79 Å². The van der Waals surface area contributed by atoms with Crippen LogP contribution in [-0.4, -0.2) is 52.6 Å². The van der Waals surface area contributed by atoms with E-state index in [1.807, 2.05) is 31.2 Å². The summed E-state index contributed by atoms with van der Waals surface area (Å²) in [4.78, 5) is 34.8. The van der Waals surface area contributed by atoms with E-state index in [2.05, 4.69) is 15.6 Å². The van der Waals surface area contributed by atoms with E-state index in [1.165, 1.54) is 0 Å². The number of benzene rings is 1. The molecule has 28 heavy (non-hydrogen) atoms. The van der Waals surface area contributed by atoms with Crippen LogP contribution in [-0.2, 0) is 16.0 Å². The monoisotopic (exact) mass is 381 g/mol. The predicted octanol–water partition coefficient (Wildman–Crippen LogP) is 2.67. The van der Waals surface area contributed by atoms with Crippen LogP contribution < -0.4 is 10.6 Å². The molecule has 146 valence electrons. The van der Waals surface area contributed by atoms with E-state index in [9.17, 15) is 9.59 Å². The maximum Gasteiger partial charge on any atom is 0.409 e. The van der Waals surface area contributed by atoms with Crippen LogP contribution in [0, 0.1) is 0 Å². The highest BCUT2D eigenvalue weighted by atomic mass is 16.6. The Bertz CT molecular complexity index is 893. The molecular formula is C20H23N5O3. The van der Waals surface area contributed by atoms with E-state index >= 15 is 0 Å². The summed E-state index contributed by atoms with van der Waals surface area (Å²) in [6.45, 7) is 3.48. The molecule has 1 saturated heterocycles. The average Bonchev–Trinajstić information content (AvgIpc) is 2.84. The van der Waals surface area contributed by atoms with Crippen molar-refractivity contribution in [2.75, 3.05) is 30.3 Å². The lowest BCUT2D eigenvalue weighted by atomic mass is 10.0. The zero-order chi connectivity index (χ0) is 19.5. The Morgan fingerprint density at radius 3 is 2.89 bits per heavy atom. The lowest BCUT2D eigenvalue weighted by Crippen LogP contribution is -2.42. The van der Waals surface area contributed by atoms with Crippen LogP contribution in [0.4, 0.5) is 16.4 Å². The van der Waals surface area contributed by atoms with Crippen LogP contribution in [0.3, 0.4) is 0 Å². The summed E-state index contributed by atoms with van der Waals surface area (Å²) < 4.78 is 5.06. The molecule has 0 radical (unpaired) electrons. The number of hydrogen-bond acceptors (Lipinski definition) is 6. The molecule has 8 nitrogen and oxygen atoms in total. The predicted molar refractivity (Wildman–Crippen MR) is 105 cm³/mol. The Morgan fingerprint density at radius 2 is 2.11 bits per heavy atom. The van der Waals surface area contributed by atoms with Gasteiger partial charge >= 0.3 is 6.09 Å². The van der Waals surface area contributed by atoms with Gasteiger partial charge in [-0.1, -0.05) is 18.2 Å². The van der Waals surface area contributed by atoms with E-state index < -0.39 is 0 Å². The van der Waals surface area contributed by atoms with Crippen molar-refractivity contribution in [1.29, 1.82) is 0 Å². The largest absolute Gasteiger partial charge is 0.450 e. The highest BCUT2D eigenvalue weighted by Gasteiger charge is 2.25. The highest BCUT2D eigenvalue weighted by molar-refractivity contribution is 5.99. The zero-order valence-electron chi connectivity index (χ0n) is 15.8. The number of anilines is 2. The molecule has 0 aliphatic carbocycles. The SMILES string of the molecule is CCOC(=O)N1CCC(Nc2ncc3c(n2)-c2ccccc2NC(=O)C3)CC1.